The van der Waals surface area contributed by atoms with Gasteiger partial charge in [-0.1, -0.05) is 0 Å². The minimum absolute atomic E-state index is 0. The SMILES string of the molecule is Cl.Cl.Nc1nc(CCNC(=O)c2cncc(CC3CCNC3)c2)cs1. The second kappa shape index (κ2) is 10.6. The molecule has 0 saturated carbocycles. The number of hydrogen-bond donors (Lipinski definition) is 3. The lowest BCUT2D eigenvalue weighted by Crippen LogP contribution is -2.26. The van der Waals surface area contributed by atoms with Crippen LogP contribution in [0.2, 0.25) is 0 Å². The third kappa shape index (κ3) is 6.43. The van der Waals surface area contributed by atoms with E-state index in [4.69, 9.17) is 5.73 Å². The number of thiazole rings is 1. The highest BCUT2D eigenvalue weighted by molar-refractivity contribution is 7.13. The van der Waals surface area contributed by atoms with Crippen molar-refractivity contribution in [2.24, 2.45) is 5.92 Å². The number of nitrogens with two attached hydrogens (primary N) is 1. The lowest BCUT2D eigenvalue weighted by Gasteiger charge is -2.09. The third-order valence-electron chi connectivity index (χ3n) is 3.98. The molecule has 6 nitrogen and oxygen atoms in total. The maximum atomic E-state index is 12.2. The first-order valence-corrected chi connectivity index (χ1v) is 8.71. The van der Waals surface area contributed by atoms with Gasteiger partial charge in [0.1, 0.15) is 0 Å². The van der Waals surface area contributed by atoms with Gasteiger partial charge in [-0.05, 0) is 43.5 Å². The zero-order chi connectivity index (χ0) is 16.1. The molecule has 3 rings (SSSR count). The van der Waals surface area contributed by atoms with Gasteiger partial charge >= 0.3 is 0 Å². The molecule has 2 aromatic heterocycles. The average Bonchev–Trinajstić information content (AvgIpc) is 3.19. The molecular weight excluding hydrogens is 381 g/mol. The third-order valence-corrected chi connectivity index (χ3v) is 4.70. The number of carbonyl (C=O) groups excluding carboxylic acids is 1. The van der Waals surface area contributed by atoms with Crippen molar-refractivity contribution in [2.75, 3.05) is 25.4 Å². The van der Waals surface area contributed by atoms with Crippen LogP contribution in [-0.2, 0) is 12.8 Å². The molecule has 9 heteroatoms. The van der Waals surface area contributed by atoms with Gasteiger partial charge in [0, 0.05) is 30.7 Å². The Morgan fingerprint density at radius 2 is 2.24 bits per heavy atom. The van der Waals surface area contributed by atoms with E-state index in [-0.39, 0.29) is 30.7 Å². The number of amides is 1. The molecule has 1 saturated heterocycles. The summed E-state index contributed by atoms with van der Waals surface area (Å²) in [5.41, 5.74) is 8.24. The van der Waals surface area contributed by atoms with Crippen LogP contribution < -0.4 is 16.4 Å². The van der Waals surface area contributed by atoms with Gasteiger partial charge in [0.25, 0.3) is 5.91 Å². The Kier molecular flexibility index (Phi) is 9.13. The number of carbonyl (C=O) groups is 1. The van der Waals surface area contributed by atoms with Crippen molar-refractivity contribution < 1.29 is 4.79 Å². The molecule has 1 aliphatic rings. The van der Waals surface area contributed by atoms with Gasteiger partial charge in [0.05, 0.1) is 11.3 Å². The predicted octanol–water partition coefficient (Wildman–Crippen LogP) is 2.09. The number of rotatable bonds is 6. The van der Waals surface area contributed by atoms with Gasteiger partial charge in [-0.2, -0.15) is 0 Å². The molecule has 2 aromatic rings. The van der Waals surface area contributed by atoms with E-state index in [1.54, 1.807) is 6.20 Å². The van der Waals surface area contributed by atoms with Crippen molar-refractivity contribution in [1.29, 1.82) is 0 Å². The highest BCUT2D eigenvalue weighted by Gasteiger charge is 2.16. The number of nitrogens with zero attached hydrogens (tertiary/aromatic N) is 2. The van der Waals surface area contributed by atoms with Crippen molar-refractivity contribution in [3.05, 3.63) is 40.7 Å². The minimum Gasteiger partial charge on any atom is -0.375 e. The summed E-state index contributed by atoms with van der Waals surface area (Å²) in [5, 5.41) is 8.75. The fourth-order valence-corrected chi connectivity index (χ4v) is 3.39. The fraction of sp³-hybridized carbons (Fsp3) is 0.438. The molecule has 4 N–H and O–H groups in total. The number of nitrogens with one attached hydrogen (secondary N) is 2. The summed E-state index contributed by atoms with van der Waals surface area (Å²) in [6.07, 6.45) is 6.31. The zero-order valence-electron chi connectivity index (χ0n) is 13.7. The quantitative estimate of drug-likeness (QED) is 0.686. The lowest BCUT2D eigenvalue weighted by molar-refractivity contribution is 0.0953. The first-order valence-electron chi connectivity index (χ1n) is 7.83. The molecule has 0 spiro atoms. The normalized spacial score (nSPS) is 15.9. The zero-order valence-corrected chi connectivity index (χ0v) is 16.2. The fourth-order valence-electron chi connectivity index (χ4n) is 2.79. The van der Waals surface area contributed by atoms with E-state index < -0.39 is 0 Å². The Bertz CT molecular complexity index is 676. The highest BCUT2D eigenvalue weighted by Crippen LogP contribution is 2.15. The molecule has 1 aliphatic heterocycles. The van der Waals surface area contributed by atoms with E-state index in [0.717, 1.165) is 30.8 Å². The summed E-state index contributed by atoms with van der Waals surface area (Å²) < 4.78 is 0. The molecule has 0 aliphatic carbocycles. The average molecular weight is 404 g/mol. The van der Waals surface area contributed by atoms with Crippen molar-refractivity contribution >= 4 is 47.2 Å². The van der Waals surface area contributed by atoms with Crippen LogP contribution in [-0.4, -0.2) is 35.5 Å². The van der Waals surface area contributed by atoms with Gasteiger partial charge in [-0.15, -0.1) is 36.2 Å². The molecule has 1 fully saturated rings. The number of anilines is 1. The summed E-state index contributed by atoms with van der Waals surface area (Å²) in [4.78, 5) is 20.6. The van der Waals surface area contributed by atoms with E-state index in [0.29, 0.717) is 29.6 Å². The minimum atomic E-state index is -0.0906. The second-order valence-corrected chi connectivity index (χ2v) is 6.72. The lowest BCUT2D eigenvalue weighted by atomic mass is 9.99. The first-order chi connectivity index (χ1) is 11.2. The second-order valence-electron chi connectivity index (χ2n) is 5.83. The Morgan fingerprint density at radius 1 is 1.40 bits per heavy atom. The van der Waals surface area contributed by atoms with Crippen molar-refractivity contribution in [3.8, 4) is 0 Å². The number of pyridine rings is 1. The highest BCUT2D eigenvalue weighted by atomic mass is 35.5. The van der Waals surface area contributed by atoms with Gasteiger partial charge in [0.2, 0.25) is 0 Å². The van der Waals surface area contributed by atoms with E-state index >= 15 is 0 Å². The van der Waals surface area contributed by atoms with Crippen LogP contribution in [0.3, 0.4) is 0 Å². The molecule has 0 bridgehead atoms. The molecule has 1 amide bonds. The molecule has 1 unspecified atom stereocenters. The van der Waals surface area contributed by atoms with Gasteiger partial charge in [-0.25, -0.2) is 4.98 Å². The molecule has 25 heavy (non-hydrogen) atoms. The summed E-state index contributed by atoms with van der Waals surface area (Å²) in [6, 6.07) is 1.95. The predicted molar refractivity (Wildman–Crippen MR) is 106 cm³/mol. The topological polar surface area (TPSA) is 92.9 Å². The van der Waals surface area contributed by atoms with Crippen molar-refractivity contribution in [3.63, 3.8) is 0 Å². The summed E-state index contributed by atoms with van der Waals surface area (Å²) in [7, 11) is 0. The van der Waals surface area contributed by atoms with Crippen LogP contribution in [0.1, 0.15) is 28.0 Å². The Hall–Kier alpha value is -1.41. The van der Waals surface area contributed by atoms with Crippen LogP contribution in [0.25, 0.3) is 0 Å². The van der Waals surface area contributed by atoms with Crippen molar-refractivity contribution in [2.45, 2.75) is 19.3 Å². The van der Waals surface area contributed by atoms with Crippen LogP contribution in [0.5, 0.6) is 0 Å². The Morgan fingerprint density at radius 3 is 2.92 bits per heavy atom. The van der Waals surface area contributed by atoms with E-state index in [2.05, 4.69) is 20.6 Å². The molecule has 138 valence electrons. The van der Waals surface area contributed by atoms with Crippen LogP contribution >= 0.6 is 36.2 Å². The molecule has 3 heterocycles. The van der Waals surface area contributed by atoms with Crippen LogP contribution in [0, 0.1) is 5.92 Å². The van der Waals surface area contributed by atoms with Crippen LogP contribution in [0.4, 0.5) is 5.13 Å². The van der Waals surface area contributed by atoms with Gasteiger partial charge < -0.3 is 16.4 Å². The number of nitrogen functional groups attached to an aromatic ring is 1. The monoisotopic (exact) mass is 403 g/mol. The number of aromatic nitrogens is 2. The van der Waals surface area contributed by atoms with E-state index in [1.165, 1.54) is 17.8 Å². The van der Waals surface area contributed by atoms with E-state index in [1.807, 2.05) is 17.6 Å². The maximum absolute atomic E-state index is 12.2. The van der Waals surface area contributed by atoms with Crippen molar-refractivity contribution in [1.82, 2.24) is 20.6 Å². The maximum Gasteiger partial charge on any atom is 0.252 e. The molecular formula is C16H23Cl2N5OS. The van der Waals surface area contributed by atoms with Gasteiger partial charge in [0.15, 0.2) is 5.13 Å². The standard InChI is InChI=1S/C16H21N5OS.2ClH/c17-16-21-14(10-23-16)2-4-20-15(22)13-6-12(8-19-9-13)5-11-1-3-18-7-11;;/h6,8-11,18H,1-5,7H2,(H2,17,21)(H,20,22);2*1H. The number of hydrogen-bond acceptors (Lipinski definition) is 6. The van der Waals surface area contributed by atoms with E-state index in [9.17, 15) is 4.79 Å². The largest absolute Gasteiger partial charge is 0.375 e. The molecule has 1 atom stereocenters. The Labute approximate surface area is 163 Å². The van der Waals surface area contributed by atoms with Crippen LogP contribution in [0.15, 0.2) is 23.8 Å². The first kappa shape index (κ1) is 21.6. The molecule has 0 radical (unpaired) electrons. The molecule has 0 aromatic carbocycles. The summed E-state index contributed by atoms with van der Waals surface area (Å²) in [6.45, 7) is 2.67. The number of halogens is 2. The Balaban J connectivity index is 0.00000156. The van der Waals surface area contributed by atoms with Gasteiger partial charge in [-0.3, -0.25) is 9.78 Å². The summed E-state index contributed by atoms with van der Waals surface area (Å²) in [5.74, 6) is 0.553. The summed E-state index contributed by atoms with van der Waals surface area (Å²) >= 11 is 1.42. The smallest absolute Gasteiger partial charge is 0.252 e.